The van der Waals surface area contributed by atoms with Gasteiger partial charge in [0.1, 0.15) is 5.82 Å². The number of hydrogen-bond donors (Lipinski definition) is 1. The number of aryl methyl sites for hydroxylation is 1. The molecule has 1 aliphatic rings. The first-order valence-electron chi connectivity index (χ1n) is 6.26. The zero-order valence-corrected chi connectivity index (χ0v) is 10.7. The van der Waals surface area contributed by atoms with Gasteiger partial charge < -0.3 is 10.1 Å². The summed E-state index contributed by atoms with van der Waals surface area (Å²) in [5, 5.41) is 2.79. The van der Waals surface area contributed by atoms with Gasteiger partial charge >= 0.3 is 0 Å². The fraction of sp³-hybridized carbons (Fsp3) is 0.500. The number of halogens is 1. The van der Waals surface area contributed by atoms with E-state index in [2.05, 4.69) is 5.32 Å². The second kappa shape index (κ2) is 5.48. The van der Waals surface area contributed by atoms with Crippen LogP contribution in [0.3, 0.4) is 0 Å². The summed E-state index contributed by atoms with van der Waals surface area (Å²) < 4.78 is 19.1. The SMILES string of the molecule is Cc1ccc(C(=O)NC(C)C2CCCO2)c(F)c1. The Balaban J connectivity index is 2.02. The lowest BCUT2D eigenvalue weighted by atomic mass is 10.1. The third-order valence-corrected chi connectivity index (χ3v) is 3.25. The van der Waals surface area contributed by atoms with Crippen molar-refractivity contribution < 1.29 is 13.9 Å². The predicted octanol–water partition coefficient (Wildman–Crippen LogP) is 2.43. The van der Waals surface area contributed by atoms with Gasteiger partial charge in [-0.1, -0.05) is 6.07 Å². The zero-order chi connectivity index (χ0) is 13.1. The first kappa shape index (κ1) is 13.0. The van der Waals surface area contributed by atoms with E-state index in [1.54, 1.807) is 13.0 Å². The Kier molecular flexibility index (Phi) is 3.97. The standard InChI is InChI=1S/C14H18FNO2/c1-9-5-6-11(12(15)8-9)14(17)16-10(2)13-4-3-7-18-13/h5-6,8,10,13H,3-4,7H2,1-2H3,(H,16,17). The number of rotatable bonds is 3. The topological polar surface area (TPSA) is 38.3 Å². The van der Waals surface area contributed by atoms with Crippen LogP contribution >= 0.6 is 0 Å². The number of ether oxygens (including phenoxy) is 1. The molecule has 1 aromatic carbocycles. The third kappa shape index (κ3) is 2.88. The van der Waals surface area contributed by atoms with E-state index in [0.717, 1.165) is 25.0 Å². The molecular formula is C14H18FNO2. The highest BCUT2D eigenvalue weighted by Crippen LogP contribution is 2.16. The van der Waals surface area contributed by atoms with E-state index >= 15 is 0 Å². The molecule has 1 N–H and O–H groups in total. The van der Waals surface area contributed by atoms with Gasteiger partial charge in [0.05, 0.1) is 17.7 Å². The molecule has 98 valence electrons. The molecule has 4 heteroatoms. The monoisotopic (exact) mass is 251 g/mol. The van der Waals surface area contributed by atoms with Gasteiger partial charge in [-0.3, -0.25) is 4.79 Å². The molecular weight excluding hydrogens is 233 g/mol. The first-order chi connectivity index (χ1) is 8.58. The van der Waals surface area contributed by atoms with Gasteiger partial charge in [0, 0.05) is 6.61 Å². The van der Waals surface area contributed by atoms with Gasteiger partial charge in [-0.2, -0.15) is 0 Å². The number of carbonyl (C=O) groups is 1. The lowest BCUT2D eigenvalue weighted by molar-refractivity contribution is 0.0710. The van der Waals surface area contributed by atoms with Crippen molar-refractivity contribution in [2.75, 3.05) is 6.61 Å². The van der Waals surface area contributed by atoms with Crippen molar-refractivity contribution in [2.24, 2.45) is 0 Å². The Bertz CT molecular complexity index is 441. The van der Waals surface area contributed by atoms with Gasteiger partial charge in [0.2, 0.25) is 0 Å². The van der Waals surface area contributed by atoms with E-state index in [0.29, 0.717) is 0 Å². The Morgan fingerprint density at radius 2 is 2.33 bits per heavy atom. The molecule has 0 aromatic heterocycles. The molecule has 1 aliphatic heterocycles. The minimum Gasteiger partial charge on any atom is -0.376 e. The summed E-state index contributed by atoms with van der Waals surface area (Å²) in [6.07, 6.45) is 2.00. The van der Waals surface area contributed by atoms with E-state index in [-0.39, 0.29) is 23.6 Å². The summed E-state index contributed by atoms with van der Waals surface area (Å²) >= 11 is 0. The fourth-order valence-corrected chi connectivity index (χ4v) is 2.18. The molecule has 1 heterocycles. The summed E-state index contributed by atoms with van der Waals surface area (Å²) in [6.45, 7) is 4.42. The molecule has 0 bridgehead atoms. The Morgan fingerprint density at radius 3 is 2.94 bits per heavy atom. The Labute approximate surface area is 106 Å². The number of carbonyl (C=O) groups excluding carboxylic acids is 1. The fourth-order valence-electron chi connectivity index (χ4n) is 2.18. The molecule has 2 rings (SSSR count). The second-order valence-electron chi connectivity index (χ2n) is 4.80. The Morgan fingerprint density at radius 1 is 1.56 bits per heavy atom. The molecule has 1 saturated heterocycles. The molecule has 1 fully saturated rings. The molecule has 3 nitrogen and oxygen atoms in total. The zero-order valence-electron chi connectivity index (χ0n) is 10.7. The van der Waals surface area contributed by atoms with Gasteiger partial charge in [-0.05, 0) is 44.4 Å². The van der Waals surface area contributed by atoms with Crippen molar-refractivity contribution in [3.8, 4) is 0 Å². The van der Waals surface area contributed by atoms with Gasteiger partial charge in [-0.15, -0.1) is 0 Å². The van der Waals surface area contributed by atoms with Crippen LogP contribution in [0.2, 0.25) is 0 Å². The van der Waals surface area contributed by atoms with Crippen molar-refractivity contribution in [1.82, 2.24) is 5.32 Å². The van der Waals surface area contributed by atoms with Crippen LogP contribution in [0.1, 0.15) is 35.7 Å². The molecule has 1 aromatic rings. The first-order valence-corrected chi connectivity index (χ1v) is 6.26. The summed E-state index contributed by atoms with van der Waals surface area (Å²) in [7, 11) is 0. The molecule has 18 heavy (non-hydrogen) atoms. The third-order valence-electron chi connectivity index (χ3n) is 3.25. The summed E-state index contributed by atoms with van der Waals surface area (Å²) in [5.41, 5.74) is 0.890. The van der Waals surface area contributed by atoms with Crippen molar-refractivity contribution in [1.29, 1.82) is 0 Å². The molecule has 2 atom stereocenters. The van der Waals surface area contributed by atoms with Crippen molar-refractivity contribution >= 4 is 5.91 Å². The predicted molar refractivity (Wildman–Crippen MR) is 67.0 cm³/mol. The minimum absolute atomic E-state index is 0.0439. The van der Waals surface area contributed by atoms with E-state index in [4.69, 9.17) is 4.74 Å². The Hall–Kier alpha value is -1.42. The summed E-state index contributed by atoms with van der Waals surface area (Å²) in [6, 6.07) is 4.52. The van der Waals surface area contributed by atoms with Crippen LogP contribution in [-0.2, 0) is 4.74 Å². The number of hydrogen-bond acceptors (Lipinski definition) is 2. The van der Waals surface area contributed by atoms with E-state index in [1.165, 1.54) is 12.1 Å². The second-order valence-corrected chi connectivity index (χ2v) is 4.80. The van der Waals surface area contributed by atoms with Crippen LogP contribution in [0.4, 0.5) is 4.39 Å². The number of nitrogens with one attached hydrogen (secondary N) is 1. The van der Waals surface area contributed by atoms with Crippen molar-refractivity contribution in [3.05, 3.63) is 35.1 Å². The largest absolute Gasteiger partial charge is 0.376 e. The molecule has 0 aliphatic carbocycles. The minimum atomic E-state index is -0.480. The molecule has 1 amide bonds. The smallest absolute Gasteiger partial charge is 0.254 e. The van der Waals surface area contributed by atoms with E-state index < -0.39 is 5.82 Å². The quantitative estimate of drug-likeness (QED) is 0.896. The van der Waals surface area contributed by atoms with Crippen molar-refractivity contribution in [2.45, 2.75) is 38.8 Å². The van der Waals surface area contributed by atoms with Crippen LogP contribution in [0, 0.1) is 12.7 Å². The highest BCUT2D eigenvalue weighted by Gasteiger charge is 2.24. The number of benzene rings is 1. The highest BCUT2D eigenvalue weighted by molar-refractivity contribution is 5.94. The van der Waals surface area contributed by atoms with E-state index in [1.807, 2.05) is 6.92 Å². The van der Waals surface area contributed by atoms with Crippen molar-refractivity contribution in [3.63, 3.8) is 0 Å². The molecule has 0 radical (unpaired) electrons. The maximum atomic E-state index is 13.6. The van der Waals surface area contributed by atoms with Gasteiger partial charge in [-0.25, -0.2) is 4.39 Å². The van der Waals surface area contributed by atoms with Crippen LogP contribution in [-0.4, -0.2) is 24.7 Å². The summed E-state index contributed by atoms with van der Waals surface area (Å²) in [5.74, 6) is -0.859. The van der Waals surface area contributed by atoms with Crippen LogP contribution < -0.4 is 5.32 Å². The lowest BCUT2D eigenvalue weighted by Gasteiger charge is -2.20. The number of amides is 1. The highest BCUT2D eigenvalue weighted by atomic mass is 19.1. The average molecular weight is 251 g/mol. The molecule has 0 spiro atoms. The summed E-state index contributed by atoms with van der Waals surface area (Å²) in [4.78, 5) is 11.9. The molecule has 2 unspecified atom stereocenters. The lowest BCUT2D eigenvalue weighted by Crippen LogP contribution is -2.41. The maximum absolute atomic E-state index is 13.6. The van der Waals surface area contributed by atoms with Crippen LogP contribution in [0.15, 0.2) is 18.2 Å². The van der Waals surface area contributed by atoms with Gasteiger partial charge in [0.25, 0.3) is 5.91 Å². The normalized spacial score (nSPS) is 20.7. The van der Waals surface area contributed by atoms with E-state index in [9.17, 15) is 9.18 Å². The van der Waals surface area contributed by atoms with Crippen LogP contribution in [0.25, 0.3) is 0 Å². The molecule has 0 saturated carbocycles. The van der Waals surface area contributed by atoms with Crippen LogP contribution in [0.5, 0.6) is 0 Å². The van der Waals surface area contributed by atoms with Gasteiger partial charge in [0.15, 0.2) is 0 Å². The average Bonchev–Trinajstić information content (AvgIpc) is 2.81. The maximum Gasteiger partial charge on any atom is 0.254 e.